The number of hydrogen-bond acceptors (Lipinski definition) is 6. The SMILES string of the molecule is Cc1cc(NC(=O)C(=O)O)cc(C)c1Oc1ccc(O)c(NS(=O)(=O)c2cccc(F)c2)c1. The number of aliphatic carboxylic acids is 1. The number of carbonyl (C=O) groups is 2. The highest BCUT2D eigenvalue weighted by Gasteiger charge is 2.18. The minimum Gasteiger partial charge on any atom is -0.506 e. The number of benzene rings is 3. The Hall–Kier alpha value is -4.12. The number of carboxylic acids is 1. The van der Waals surface area contributed by atoms with Gasteiger partial charge in [-0.05, 0) is 67.4 Å². The van der Waals surface area contributed by atoms with Gasteiger partial charge in [-0.15, -0.1) is 0 Å². The standard InChI is InChI=1S/C22H19FN2O7S/c1-12-8-15(24-21(27)22(28)29)9-13(2)20(12)32-16-6-7-19(26)18(11-16)25-33(30,31)17-5-3-4-14(23)10-17/h3-11,25-26H,1-2H3,(H,24,27)(H,28,29). The van der Waals surface area contributed by atoms with Crippen LogP contribution in [0.2, 0.25) is 0 Å². The molecule has 0 spiro atoms. The molecule has 0 fully saturated rings. The molecule has 0 heterocycles. The Bertz CT molecular complexity index is 1330. The van der Waals surface area contributed by atoms with Gasteiger partial charge < -0.3 is 20.3 Å². The number of hydrogen-bond donors (Lipinski definition) is 4. The summed E-state index contributed by atoms with van der Waals surface area (Å²) in [6, 6.07) is 11.3. The average molecular weight is 474 g/mol. The summed E-state index contributed by atoms with van der Waals surface area (Å²) in [5.74, 6) is -3.35. The Morgan fingerprint density at radius 3 is 2.27 bits per heavy atom. The smallest absolute Gasteiger partial charge is 0.394 e. The zero-order valence-electron chi connectivity index (χ0n) is 17.4. The van der Waals surface area contributed by atoms with E-state index in [1.807, 2.05) is 0 Å². The van der Waals surface area contributed by atoms with E-state index in [1.165, 1.54) is 42.5 Å². The van der Waals surface area contributed by atoms with Crippen molar-refractivity contribution in [2.45, 2.75) is 18.7 Å². The van der Waals surface area contributed by atoms with Gasteiger partial charge in [-0.3, -0.25) is 9.52 Å². The maximum atomic E-state index is 13.4. The van der Waals surface area contributed by atoms with Crippen LogP contribution in [0.1, 0.15) is 11.1 Å². The average Bonchev–Trinajstić information content (AvgIpc) is 2.72. The van der Waals surface area contributed by atoms with Gasteiger partial charge in [0.2, 0.25) is 0 Å². The number of rotatable bonds is 6. The van der Waals surface area contributed by atoms with E-state index >= 15 is 0 Å². The summed E-state index contributed by atoms with van der Waals surface area (Å²) in [5.41, 5.74) is 1.20. The van der Waals surface area contributed by atoms with Crippen molar-refractivity contribution in [3.8, 4) is 17.2 Å². The monoisotopic (exact) mass is 474 g/mol. The molecular weight excluding hydrogens is 455 g/mol. The number of phenolic OH excluding ortho intramolecular Hbond substituents is 1. The van der Waals surface area contributed by atoms with Gasteiger partial charge >= 0.3 is 11.9 Å². The summed E-state index contributed by atoms with van der Waals surface area (Å²) in [7, 11) is -4.18. The molecule has 3 aromatic carbocycles. The Morgan fingerprint density at radius 2 is 1.67 bits per heavy atom. The van der Waals surface area contributed by atoms with E-state index in [0.717, 1.165) is 12.1 Å². The first-order chi connectivity index (χ1) is 15.5. The van der Waals surface area contributed by atoms with Crippen molar-refractivity contribution in [1.82, 2.24) is 0 Å². The van der Waals surface area contributed by atoms with E-state index in [4.69, 9.17) is 9.84 Å². The number of amides is 1. The maximum absolute atomic E-state index is 13.4. The van der Waals surface area contributed by atoms with Crippen LogP contribution in [0.5, 0.6) is 17.2 Å². The Labute approximate surface area is 188 Å². The third-order valence-corrected chi connectivity index (χ3v) is 5.81. The largest absolute Gasteiger partial charge is 0.506 e. The van der Waals surface area contributed by atoms with Crippen LogP contribution in [0.15, 0.2) is 59.5 Å². The summed E-state index contributed by atoms with van der Waals surface area (Å²) < 4.78 is 46.6. The third-order valence-electron chi connectivity index (χ3n) is 4.45. The van der Waals surface area contributed by atoms with Crippen molar-refractivity contribution >= 4 is 33.3 Å². The Balaban J connectivity index is 1.87. The lowest BCUT2D eigenvalue weighted by molar-refractivity contribution is -0.147. The van der Waals surface area contributed by atoms with E-state index in [2.05, 4.69) is 10.0 Å². The predicted octanol–water partition coefficient (Wildman–Crippen LogP) is 3.76. The highest BCUT2D eigenvalue weighted by Crippen LogP contribution is 2.35. The van der Waals surface area contributed by atoms with Gasteiger partial charge in [-0.25, -0.2) is 17.6 Å². The van der Waals surface area contributed by atoms with Gasteiger partial charge in [0.15, 0.2) is 0 Å². The first-order valence-electron chi connectivity index (χ1n) is 9.41. The number of ether oxygens (including phenoxy) is 1. The molecule has 1 amide bonds. The summed E-state index contributed by atoms with van der Waals surface area (Å²) in [6.45, 7) is 3.35. The second-order valence-electron chi connectivity index (χ2n) is 7.04. The van der Waals surface area contributed by atoms with Crippen molar-refractivity contribution < 1.29 is 37.3 Å². The molecule has 0 aliphatic heterocycles. The van der Waals surface area contributed by atoms with E-state index in [9.17, 15) is 27.5 Å². The van der Waals surface area contributed by atoms with E-state index < -0.39 is 27.7 Å². The predicted molar refractivity (Wildman–Crippen MR) is 118 cm³/mol. The van der Waals surface area contributed by atoms with Crippen LogP contribution < -0.4 is 14.8 Å². The van der Waals surface area contributed by atoms with Gasteiger partial charge in [0.05, 0.1) is 10.6 Å². The number of carboxylic acid groups (broad SMARTS) is 1. The number of carbonyl (C=O) groups excluding carboxylic acids is 1. The second-order valence-corrected chi connectivity index (χ2v) is 8.72. The fourth-order valence-corrected chi connectivity index (χ4v) is 4.08. The molecule has 3 aromatic rings. The molecule has 0 unspecified atom stereocenters. The zero-order valence-corrected chi connectivity index (χ0v) is 18.2. The van der Waals surface area contributed by atoms with Crippen LogP contribution in [-0.2, 0) is 19.6 Å². The molecule has 0 saturated heterocycles. The quantitative estimate of drug-likeness (QED) is 0.315. The van der Waals surface area contributed by atoms with Gasteiger partial charge in [0.1, 0.15) is 23.1 Å². The van der Waals surface area contributed by atoms with Crippen LogP contribution in [-0.4, -0.2) is 30.5 Å². The second kappa shape index (κ2) is 9.17. The summed E-state index contributed by atoms with van der Waals surface area (Å²) in [6.07, 6.45) is 0. The molecule has 4 N–H and O–H groups in total. The molecule has 11 heteroatoms. The number of phenols is 1. The number of sulfonamides is 1. The molecule has 0 radical (unpaired) electrons. The molecule has 9 nitrogen and oxygen atoms in total. The van der Waals surface area contributed by atoms with E-state index in [1.54, 1.807) is 13.8 Å². The molecule has 0 saturated carbocycles. The molecular formula is C22H19FN2O7S. The zero-order chi connectivity index (χ0) is 24.3. The minimum atomic E-state index is -4.18. The molecule has 0 atom stereocenters. The number of aromatic hydroxyl groups is 1. The van der Waals surface area contributed by atoms with Gasteiger partial charge in [0, 0.05) is 11.8 Å². The summed E-state index contributed by atoms with van der Waals surface area (Å²) in [5, 5.41) is 21.1. The number of halogens is 1. The van der Waals surface area contributed by atoms with E-state index in [-0.39, 0.29) is 27.8 Å². The number of aryl methyl sites for hydroxylation is 2. The molecule has 33 heavy (non-hydrogen) atoms. The van der Waals surface area contributed by atoms with Crippen LogP contribution in [0.25, 0.3) is 0 Å². The lowest BCUT2D eigenvalue weighted by Gasteiger charge is -2.16. The fraction of sp³-hybridized carbons (Fsp3) is 0.0909. The Kier molecular flexibility index (Phi) is 6.54. The van der Waals surface area contributed by atoms with Crippen LogP contribution in [0, 0.1) is 19.7 Å². The molecule has 0 aromatic heterocycles. The van der Waals surface area contributed by atoms with Gasteiger partial charge in [-0.2, -0.15) is 0 Å². The Morgan fingerprint density at radius 1 is 1.00 bits per heavy atom. The number of nitrogens with one attached hydrogen (secondary N) is 2. The molecule has 172 valence electrons. The topological polar surface area (TPSA) is 142 Å². The maximum Gasteiger partial charge on any atom is 0.394 e. The molecule has 0 aliphatic rings. The summed E-state index contributed by atoms with van der Waals surface area (Å²) in [4.78, 5) is 21.8. The van der Waals surface area contributed by atoms with Crippen molar-refractivity contribution in [1.29, 1.82) is 0 Å². The van der Waals surface area contributed by atoms with Gasteiger partial charge in [-0.1, -0.05) is 6.07 Å². The lowest BCUT2D eigenvalue weighted by atomic mass is 10.1. The van der Waals surface area contributed by atoms with Crippen LogP contribution >= 0.6 is 0 Å². The van der Waals surface area contributed by atoms with Crippen LogP contribution in [0.4, 0.5) is 15.8 Å². The third kappa shape index (κ3) is 5.57. The first-order valence-corrected chi connectivity index (χ1v) is 10.9. The molecule has 3 rings (SSSR count). The van der Waals surface area contributed by atoms with Crippen molar-refractivity contribution in [2.75, 3.05) is 10.0 Å². The highest BCUT2D eigenvalue weighted by molar-refractivity contribution is 7.92. The summed E-state index contributed by atoms with van der Waals surface area (Å²) >= 11 is 0. The fourth-order valence-electron chi connectivity index (χ4n) is 2.98. The van der Waals surface area contributed by atoms with Crippen molar-refractivity contribution in [3.05, 3.63) is 71.5 Å². The number of anilines is 2. The minimum absolute atomic E-state index is 0.179. The van der Waals surface area contributed by atoms with Crippen molar-refractivity contribution in [2.24, 2.45) is 0 Å². The first kappa shape index (κ1) is 23.5. The lowest BCUT2D eigenvalue weighted by Crippen LogP contribution is -2.21. The highest BCUT2D eigenvalue weighted by atomic mass is 32.2. The normalized spacial score (nSPS) is 11.0. The van der Waals surface area contributed by atoms with E-state index in [0.29, 0.717) is 16.9 Å². The molecule has 0 bridgehead atoms. The van der Waals surface area contributed by atoms with Crippen LogP contribution in [0.3, 0.4) is 0 Å². The van der Waals surface area contributed by atoms with Crippen molar-refractivity contribution in [3.63, 3.8) is 0 Å². The van der Waals surface area contributed by atoms with Gasteiger partial charge in [0.25, 0.3) is 10.0 Å². The molecule has 0 aliphatic carbocycles.